The number of ether oxygens (including phenoxy) is 1. The molecule has 0 radical (unpaired) electrons. The first kappa shape index (κ1) is 17.2. The molecular weight excluding hydrogens is 372 g/mol. The predicted molar refractivity (Wildman–Crippen MR) is 95.1 cm³/mol. The fourth-order valence-electron chi connectivity index (χ4n) is 2.85. The molecule has 1 aromatic heterocycles. The molecule has 6 heteroatoms. The van der Waals surface area contributed by atoms with E-state index in [4.69, 9.17) is 9.15 Å². The molecule has 1 fully saturated rings. The Kier molecular flexibility index (Phi) is 5.71. The maximum absolute atomic E-state index is 12.3. The summed E-state index contributed by atoms with van der Waals surface area (Å²) in [5.41, 5.74) is 2.42. The third kappa shape index (κ3) is 4.26. The molecule has 1 N–H and O–H groups in total. The number of aryl methyl sites for hydroxylation is 1. The van der Waals surface area contributed by atoms with Crippen LogP contribution in [0.15, 0.2) is 45.5 Å². The van der Waals surface area contributed by atoms with Crippen LogP contribution in [-0.4, -0.2) is 43.7 Å². The number of halogens is 1. The minimum atomic E-state index is -0.203. The van der Waals surface area contributed by atoms with E-state index < -0.39 is 0 Å². The minimum absolute atomic E-state index is 0.122. The summed E-state index contributed by atoms with van der Waals surface area (Å²) in [6.45, 7) is 5.77. The Morgan fingerprint density at radius 1 is 1.21 bits per heavy atom. The van der Waals surface area contributed by atoms with Crippen molar-refractivity contribution in [1.82, 2.24) is 10.2 Å². The summed E-state index contributed by atoms with van der Waals surface area (Å²) in [4.78, 5) is 14.6. The van der Waals surface area contributed by atoms with Gasteiger partial charge in [-0.3, -0.25) is 9.69 Å². The van der Waals surface area contributed by atoms with Gasteiger partial charge in [-0.2, -0.15) is 0 Å². The SMILES string of the molecule is Cc1ccc([C@H](CNC(=O)c2ccc(Br)o2)N2CCOCC2)cc1. The lowest BCUT2D eigenvalue weighted by Crippen LogP contribution is -2.43. The first-order valence-electron chi connectivity index (χ1n) is 8.05. The lowest BCUT2D eigenvalue weighted by molar-refractivity contribution is 0.0161. The molecule has 2 aromatic rings. The Bertz CT molecular complexity index is 678. The molecule has 128 valence electrons. The Balaban J connectivity index is 1.71. The first-order valence-corrected chi connectivity index (χ1v) is 8.84. The van der Waals surface area contributed by atoms with Gasteiger partial charge >= 0.3 is 0 Å². The zero-order valence-corrected chi connectivity index (χ0v) is 15.2. The second-order valence-electron chi connectivity index (χ2n) is 5.89. The molecule has 0 bridgehead atoms. The molecule has 1 aliphatic heterocycles. The van der Waals surface area contributed by atoms with Crippen molar-refractivity contribution in [1.29, 1.82) is 0 Å². The lowest BCUT2D eigenvalue weighted by Gasteiger charge is -2.35. The van der Waals surface area contributed by atoms with Crippen LogP contribution in [0.3, 0.4) is 0 Å². The number of carbonyl (C=O) groups excluding carboxylic acids is 1. The molecule has 1 aliphatic rings. The molecule has 1 saturated heterocycles. The second kappa shape index (κ2) is 7.96. The van der Waals surface area contributed by atoms with Crippen LogP contribution in [0.4, 0.5) is 0 Å². The van der Waals surface area contributed by atoms with Gasteiger partial charge in [0, 0.05) is 19.6 Å². The number of rotatable bonds is 5. The van der Waals surface area contributed by atoms with Crippen LogP contribution in [0.1, 0.15) is 27.7 Å². The average Bonchev–Trinajstić information content (AvgIpc) is 3.04. The molecule has 1 atom stereocenters. The van der Waals surface area contributed by atoms with Crippen molar-refractivity contribution in [2.45, 2.75) is 13.0 Å². The highest BCUT2D eigenvalue weighted by Gasteiger charge is 2.23. The van der Waals surface area contributed by atoms with E-state index in [-0.39, 0.29) is 11.9 Å². The highest BCUT2D eigenvalue weighted by atomic mass is 79.9. The lowest BCUT2D eigenvalue weighted by atomic mass is 10.0. The number of hydrogen-bond donors (Lipinski definition) is 1. The quantitative estimate of drug-likeness (QED) is 0.848. The molecule has 0 unspecified atom stereocenters. The van der Waals surface area contributed by atoms with Crippen molar-refractivity contribution in [3.8, 4) is 0 Å². The van der Waals surface area contributed by atoms with E-state index in [0.29, 0.717) is 17.0 Å². The number of amides is 1. The van der Waals surface area contributed by atoms with Gasteiger partial charge in [-0.15, -0.1) is 0 Å². The van der Waals surface area contributed by atoms with Crippen molar-refractivity contribution in [3.05, 3.63) is 58.0 Å². The first-order chi connectivity index (χ1) is 11.6. The molecule has 1 aromatic carbocycles. The van der Waals surface area contributed by atoms with Crippen LogP contribution < -0.4 is 5.32 Å². The summed E-state index contributed by atoms with van der Waals surface area (Å²) in [5, 5.41) is 2.99. The van der Waals surface area contributed by atoms with E-state index in [9.17, 15) is 4.79 Å². The van der Waals surface area contributed by atoms with Crippen molar-refractivity contribution >= 4 is 21.8 Å². The summed E-state index contributed by atoms with van der Waals surface area (Å²) in [6.07, 6.45) is 0. The fourth-order valence-corrected chi connectivity index (χ4v) is 3.15. The molecule has 0 aliphatic carbocycles. The molecule has 5 nitrogen and oxygen atoms in total. The van der Waals surface area contributed by atoms with Gasteiger partial charge in [0.25, 0.3) is 5.91 Å². The Morgan fingerprint density at radius 3 is 2.54 bits per heavy atom. The van der Waals surface area contributed by atoms with E-state index in [1.807, 2.05) is 0 Å². The van der Waals surface area contributed by atoms with Gasteiger partial charge in [-0.25, -0.2) is 0 Å². The minimum Gasteiger partial charge on any atom is -0.444 e. The average molecular weight is 393 g/mol. The van der Waals surface area contributed by atoms with Gasteiger partial charge in [0.2, 0.25) is 0 Å². The van der Waals surface area contributed by atoms with Crippen molar-refractivity contribution in [2.24, 2.45) is 0 Å². The van der Waals surface area contributed by atoms with Gasteiger partial charge in [-0.05, 0) is 40.5 Å². The van der Waals surface area contributed by atoms with Gasteiger partial charge in [-0.1, -0.05) is 29.8 Å². The summed E-state index contributed by atoms with van der Waals surface area (Å²) in [6, 6.07) is 12.0. The number of benzene rings is 1. The normalized spacial score (nSPS) is 16.8. The zero-order valence-electron chi connectivity index (χ0n) is 13.6. The molecule has 2 heterocycles. The summed E-state index contributed by atoms with van der Waals surface area (Å²) >= 11 is 3.22. The number of hydrogen-bond acceptors (Lipinski definition) is 4. The molecular formula is C18H21BrN2O3. The van der Waals surface area contributed by atoms with E-state index in [0.717, 1.165) is 26.3 Å². The van der Waals surface area contributed by atoms with Gasteiger partial charge in [0.05, 0.1) is 19.3 Å². The van der Waals surface area contributed by atoms with Crippen molar-refractivity contribution < 1.29 is 13.9 Å². The molecule has 24 heavy (non-hydrogen) atoms. The van der Waals surface area contributed by atoms with Crippen molar-refractivity contribution in [3.63, 3.8) is 0 Å². The van der Waals surface area contributed by atoms with E-state index in [1.54, 1.807) is 12.1 Å². The number of nitrogens with one attached hydrogen (secondary N) is 1. The van der Waals surface area contributed by atoms with Crippen LogP contribution in [0.5, 0.6) is 0 Å². The molecule has 0 saturated carbocycles. The van der Waals surface area contributed by atoms with Crippen LogP contribution in [0.2, 0.25) is 0 Å². The summed E-state index contributed by atoms with van der Waals surface area (Å²) in [5.74, 6) is 0.109. The summed E-state index contributed by atoms with van der Waals surface area (Å²) in [7, 11) is 0. The molecule has 0 spiro atoms. The molecule has 3 rings (SSSR count). The van der Waals surface area contributed by atoms with Crippen LogP contribution in [0.25, 0.3) is 0 Å². The summed E-state index contributed by atoms with van der Waals surface area (Å²) < 4.78 is 11.3. The van der Waals surface area contributed by atoms with E-state index in [1.165, 1.54) is 11.1 Å². The van der Waals surface area contributed by atoms with Crippen molar-refractivity contribution in [2.75, 3.05) is 32.8 Å². The monoisotopic (exact) mass is 392 g/mol. The van der Waals surface area contributed by atoms with E-state index >= 15 is 0 Å². The van der Waals surface area contributed by atoms with Crippen LogP contribution in [-0.2, 0) is 4.74 Å². The Hall–Kier alpha value is -1.63. The molecule has 1 amide bonds. The van der Waals surface area contributed by atoms with Gasteiger partial charge in [0.1, 0.15) is 0 Å². The zero-order chi connectivity index (χ0) is 16.9. The third-order valence-corrected chi connectivity index (χ3v) is 4.63. The highest BCUT2D eigenvalue weighted by Crippen LogP contribution is 2.22. The predicted octanol–water partition coefficient (Wildman–Crippen LogP) is 3.15. The fraction of sp³-hybridized carbons (Fsp3) is 0.389. The van der Waals surface area contributed by atoms with Gasteiger partial charge in [0.15, 0.2) is 10.4 Å². The maximum atomic E-state index is 12.3. The second-order valence-corrected chi connectivity index (χ2v) is 6.67. The standard InChI is InChI=1S/C18H21BrN2O3/c1-13-2-4-14(5-3-13)15(21-8-10-23-11-9-21)12-20-18(22)16-6-7-17(19)24-16/h2-7,15H,8-12H2,1H3,(H,20,22)/t15-/m0/s1. The Labute approximate surface area is 150 Å². The Morgan fingerprint density at radius 2 is 1.92 bits per heavy atom. The largest absolute Gasteiger partial charge is 0.444 e. The van der Waals surface area contributed by atoms with Gasteiger partial charge < -0.3 is 14.5 Å². The highest BCUT2D eigenvalue weighted by molar-refractivity contribution is 9.10. The van der Waals surface area contributed by atoms with Crippen LogP contribution in [0, 0.1) is 6.92 Å². The number of morpholine rings is 1. The van der Waals surface area contributed by atoms with E-state index in [2.05, 4.69) is 57.3 Å². The number of furan rings is 1. The number of carbonyl (C=O) groups is 1. The number of nitrogens with zero attached hydrogens (tertiary/aromatic N) is 1. The van der Waals surface area contributed by atoms with Crippen LogP contribution >= 0.6 is 15.9 Å². The third-order valence-electron chi connectivity index (χ3n) is 4.20. The maximum Gasteiger partial charge on any atom is 0.287 e. The smallest absolute Gasteiger partial charge is 0.287 e. The topological polar surface area (TPSA) is 54.7 Å².